The van der Waals surface area contributed by atoms with Gasteiger partial charge in [0.15, 0.2) is 5.16 Å². The normalized spacial score (nSPS) is 10.5. The summed E-state index contributed by atoms with van der Waals surface area (Å²) in [5, 5.41) is 4.90. The number of hydrogen-bond donors (Lipinski definition) is 1. The second-order valence-corrected chi connectivity index (χ2v) is 4.30. The van der Waals surface area contributed by atoms with Crippen molar-refractivity contribution in [3.8, 4) is 0 Å². The van der Waals surface area contributed by atoms with Gasteiger partial charge in [0.25, 0.3) is 0 Å². The summed E-state index contributed by atoms with van der Waals surface area (Å²) in [6, 6.07) is 5.86. The van der Waals surface area contributed by atoms with Crippen molar-refractivity contribution in [2.75, 3.05) is 5.73 Å². The van der Waals surface area contributed by atoms with Crippen molar-refractivity contribution < 1.29 is 0 Å². The van der Waals surface area contributed by atoms with E-state index < -0.39 is 0 Å². The minimum Gasteiger partial charge on any atom is -0.399 e. The fraction of sp³-hybridized carbons (Fsp3) is 0.200. The Morgan fingerprint density at radius 3 is 2.80 bits per heavy atom. The summed E-state index contributed by atoms with van der Waals surface area (Å²) in [6.45, 7) is 2.04. The molecule has 1 heterocycles. The van der Waals surface area contributed by atoms with Crippen molar-refractivity contribution in [3.05, 3.63) is 30.1 Å². The van der Waals surface area contributed by atoms with Crippen LogP contribution in [0.15, 0.2) is 34.6 Å². The van der Waals surface area contributed by atoms with E-state index in [1.165, 1.54) is 0 Å². The quantitative estimate of drug-likeness (QED) is 0.785. The van der Waals surface area contributed by atoms with E-state index in [0.717, 1.165) is 21.3 Å². The van der Waals surface area contributed by atoms with Crippen LogP contribution >= 0.6 is 11.8 Å². The third kappa shape index (κ3) is 2.12. The SMILES string of the molecule is Cc1cc(N)ccc1Sc1ncnn1C. The topological polar surface area (TPSA) is 56.7 Å². The summed E-state index contributed by atoms with van der Waals surface area (Å²) < 4.78 is 1.75. The smallest absolute Gasteiger partial charge is 0.190 e. The van der Waals surface area contributed by atoms with E-state index in [4.69, 9.17) is 5.73 Å². The molecule has 2 aromatic rings. The zero-order valence-corrected chi connectivity index (χ0v) is 9.45. The first-order valence-electron chi connectivity index (χ1n) is 4.55. The third-order valence-corrected chi connectivity index (χ3v) is 3.30. The number of nitrogens with two attached hydrogens (primary N) is 1. The van der Waals surface area contributed by atoms with Crippen LogP contribution in [0.25, 0.3) is 0 Å². The minimum atomic E-state index is 0.787. The van der Waals surface area contributed by atoms with Gasteiger partial charge < -0.3 is 5.73 Å². The van der Waals surface area contributed by atoms with Gasteiger partial charge in [-0.15, -0.1) is 0 Å². The standard InChI is InChI=1S/C10H12N4S/c1-7-5-8(11)3-4-9(7)15-10-12-6-13-14(10)2/h3-6H,11H2,1-2H3. The van der Waals surface area contributed by atoms with Gasteiger partial charge in [0.05, 0.1) is 0 Å². The molecule has 0 bridgehead atoms. The molecule has 0 amide bonds. The monoisotopic (exact) mass is 220 g/mol. The first kappa shape index (κ1) is 10.0. The fourth-order valence-electron chi connectivity index (χ4n) is 1.26. The van der Waals surface area contributed by atoms with E-state index in [1.807, 2.05) is 32.2 Å². The van der Waals surface area contributed by atoms with E-state index in [0.29, 0.717) is 0 Å². The van der Waals surface area contributed by atoms with Crippen molar-refractivity contribution in [1.82, 2.24) is 14.8 Å². The van der Waals surface area contributed by atoms with Gasteiger partial charge in [-0.05, 0) is 42.4 Å². The maximum Gasteiger partial charge on any atom is 0.190 e. The molecule has 0 radical (unpaired) electrons. The van der Waals surface area contributed by atoms with Gasteiger partial charge in [-0.25, -0.2) is 9.67 Å². The van der Waals surface area contributed by atoms with Crippen LogP contribution in [0.3, 0.4) is 0 Å². The van der Waals surface area contributed by atoms with Gasteiger partial charge in [0.1, 0.15) is 6.33 Å². The maximum absolute atomic E-state index is 5.69. The first-order chi connectivity index (χ1) is 7.16. The van der Waals surface area contributed by atoms with Gasteiger partial charge >= 0.3 is 0 Å². The molecule has 2 N–H and O–H groups in total. The zero-order valence-electron chi connectivity index (χ0n) is 8.64. The third-order valence-electron chi connectivity index (χ3n) is 2.07. The van der Waals surface area contributed by atoms with Crippen LogP contribution in [-0.4, -0.2) is 14.8 Å². The summed E-state index contributed by atoms with van der Waals surface area (Å²) >= 11 is 1.59. The van der Waals surface area contributed by atoms with Crippen LogP contribution < -0.4 is 5.73 Å². The van der Waals surface area contributed by atoms with Crippen molar-refractivity contribution in [2.24, 2.45) is 7.05 Å². The molecule has 0 aliphatic heterocycles. The molecule has 0 aliphatic carbocycles. The fourth-order valence-corrected chi connectivity index (χ4v) is 2.10. The number of aryl methyl sites for hydroxylation is 2. The maximum atomic E-state index is 5.69. The van der Waals surface area contributed by atoms with Crippen molar-refractivity contribution in [1.29, 1.82) is 0 Å². The number of rotatable bonds is 2. The Labute approximate surface area is 92.5 Å². The van der Waals surface area contributed by atoms with Crippen LogP contribution in [0.1, 0.15) is 5.56 Å². The molecule has 1 aromatic carbocycles. The lowest BCUT2D eigenvalue weighted by molar-refractivity contribution is 0.685. The number of benzene rings is 1. The lowest BCUT2D eigenvalue weighted by Crippen LogP contribution is -1.93. The average molecular weight is 220 g/mol. The Balaban J connectivity index is 2.29. The molecule has 0 unspecified atom stereocenters. The highest BCUT2D eigenvalue weighted by molar-refractivity contribution is 7.99. The number of nitrogens with zero attached hydrogens (tertiary/aromatic N) is 3. The average Bonchev–Trinajstić information content (AvgIpc) is 2.57. The van der Waals surface area contributed by atoms with Crippen LogP contribution in [0.2, 0.25) is 0 Å². The predicted octanol–water partition coefficient (Wildman–Crippen LogP) is 1.86. The number of nitrogen functional groups attached to an aromatic ring is 1. The molecule has 0 fully saturated rings. The van der Waals surface area contributed by atoms with Crippen molar-refractivity contribution >= 4 is 17.4 Å². The lowest BCUT2D eigenvalue weighted by Gasteiger charge is -2.05. The molecule has 15 heavy (non-hydrogen) atoms. The molecule has 1 aromatic heterocycles. The number of hydrogen-bond acceptors (Lipinski definition) is 4. The van der Waals surface area contributed by atoms with Crippen LogP contribution in [0.4, 0.5) is 5.69 Å². The number of aromatic nitrogens is 3. The van der Waals surface area contributed by atoms with E-state index in [2.05, 4.69) is 10.1 Å². The Morgan fingerprint density at radius 1 is 1.40 bits per heavy atom. The Hall–Kier alpha value is -1.49. The van der Waals surface area contributed by atoms with Crippen LogP contribution in [-0.2, 0) is 7.05 Å². The van der Waals surface area contributed by atoms with Gasteiger partial charge in [0, 0.05) is 17.6 Å². The highest BCUT2D eigenvalue weighted by Gasteiger charge is 2.05. The van der Waals surface area contributed by atoms with Crippen LogP contribution in [0, 0.1) is 6.92 Å². The van der Waals surface area contributed by atoms with E-state index in [-0.39, 0.29) is 0 Å². The largest absolute Gasteiger partial charge is 0.399 e. The molecule has 0 atom stereocenters. The summed E-state index contributed by atoms with van der Waals surface area (Å²) in [5.41, 5.74) is 7.63. The van der Waals surface area contributed by atoms with E-state index in [1.54, 1.807) is 22.8 Å². The van der Waals surface area contributed by atoms with E-state index >= 15 is 0 Å². The molecular formula is C10H12N4S. The zero-order chi connectivity index (χ0) is 10.8. The molecule has 0 saturated heterocycles. The molecule has 5 heteroatoms. The molecular weight excluding hydrogens is 208 g/mol. The Morgan fingerprint density at radius 2 is 2.20 bits per heavy atom. The summed E-state index contributed by atoms with van der Waals surface area (Å²) in [5.74, 6) is 0. The molecule has 2 rings (SSSR count). The highest BCUT2D eigenvalue weighted by atomic mass is 32.2. The summed E-state index contributed by atoms with van der Waals surface area (Å²) in [7, 11) is 1.88. The Kier molecular flexibility index (Phi) is 2.64. The second-order valence-electron chi connectivity index (χ2n) is 3.29. The molecule has 78 valence electrons. The lowest BCUT2D eigenvalue weighted by atomic mass is 10.2. The predicted molar refractivity (Wildman–Crippen MR) is 60.7 cm³/mol. The summed E-state index contributed by atoms with van der Waals surface area (Å²) in [4.78, 5) is 5.31. The van der Waals surface area contributed by atoms with Gasteiger partial charge in [-0.1, -0.05) is 0 Å². The van der Waals surface area contributed by atoms with Crippen molar-refractivity contribution in [2.45, 2.75) is 17.0 Å². The molecule has 0 aliphatic rings. The van der Waals surface area contributed by atoms with Crippen molar-refractivity contribution in [3.63, 3.8) is 0 Å². The Bertz CT molecular complexity index is 478. The minimum absolute atomic E-state index is 0.787. The molecule has 0 spiro atoms. The van der Waals surface area contributed by atoms with Crippen LogP contribution in [0.5, 0.6) is 0 Å². The second kappa shape index (κ2) is 3.94. The molecule has 0 saturated carbocycles. The van der Waals surface area contributed by atoms with Gasteiger partial charge in [0.2, 0.25) is 0 Å². The summed E-state index contributed by atoms with van der Waals surface area (Å²) in [6.07, 6.45) is 1.55. The highest BCUT2D eigenvalue weighted by Crippen LogP contribution is 2.29. The van der Waals surface area contributed by atoms with Gasteiger partial charge in [-0.2, -0.15) is 5.10 Å². The molecule has 4 nitrogen and oxygen atoms in total. The first-order valence-corrected chi connectivity index (χ1v) is 5.36. The number of anilines is 1. The van der Waals surface area contributed by atoms with E-state index in [9.17, 15) is 0 Å². The van der Waals surface area contributed by atoms with Gasteiger partial charge in [-0.3, -0.25) is 0 Å².